The first-order valence-corrected chi connectivity index (χ1v) is 7.46. The molecule has 1 amide bonds. The molecule has 0 fully saturated rings. The fourth-order valence-electron chi connectivity index (χ4n) is 2.42. The Kier molecular flexibility index (Phi) is 3.78. The summed E-state index contributed by atoms with van der Waals surface area (Å²) in [6, 6.07) is 3.10. The zero-order valence-corrected chi connectivity index (χ0v) is 13.6. The number of carbonyl (C=O) groups is 1. The minimum Gasteiger partial charge on any atom is -0.443 e. The van der Waals surface area contributed by atoms with Crippen LogP contribution in [0.3, 0.4) is 0 Å². The maximum atomic E-state index is 12.5. The minimum absolute atomic E-state index is 0.135. The number of aromatic nitrogens is 2. The van der Waals surface area contributed by atoms with Gasteiger partial charge in [0.05, 0.1) is 24.3 Å². The van der Waals surface area contributed by atoms with Gasteiger partial charge in [-0.05, 0) is 38.8 Å². The second kappa shape index (κ2) is 5.65. The fourth-order valence-corrected chi connectivity index (χ4v) is 2.42. The molecule has 2 aromatic heterocycles. The molecule has 0 saturated carbocycles. The molecule has 124 valence electrons. The van der Waals surface area contributed by atoms with Crippen molar-refractivity contribution in [3.05, 3.63) is 51.1 Å². The number of hydrogen-bond acceptors (Lipinski definition) is 5. The maximum Gasteiger partial charge on any atom is 0.290 e. The summed E-state index contributed by atoms with van der Waals surface area (Å²) in [5, 5.41) is 9.59. The molecule has 1 aliphatic heterocycles. The Morgan fingerprint density at radius 1 is 1.42 bits per heavy atom. The van der Waals surface area contributed by atoms with Crippen LogP contribution in [0, 0.1) is 18.8 Å². The summed E-state index contributed by atoms with van der Waals surface area (Å²) in [4.78, 5) is 32.8. The van der Waals surface area contributed by atoms with Crippen LogP contribution < -0.4 is 5.56 Å². The molecule has 0 saturated heterocycles. The van der Waals surface area contributed by atoms with E-state index < -0.39 is 5.60 Å². The van der Waals surface area contributed by atoms with Crippen LogP contribution >= 0.6 is 0 Å². The summed E-state index contributed by atoms with van der Waals surface area (Å²) in [6.45, 7) is 5.28. The Labute approximate surface area is 138 Å². The summed E-state index contributed by atoms with van der Waals surface area (Å²) in [5.74, 6) is 5.92. The van der Waals surface area contributed by atoms with Crippen LogP contribution in [0.2, 0.25) is 0 Å². The van der Waals surface area contributed by atoms with Crippen molar-refractivity contribution in [1.82, 2.24) is 14.9 Å². The summed E-state index contributed by atoms with van der Waals surface area (Å²) < 4.78 is 5.42. The van der Waals surface area contributed by atoms with Crippen molar-refractivity contribution in [2.45, 2.75) is 39.5 Å². The Morgan fingerprint density at radius 2 is 2.17 bits per heavy atom. The van der Waals surface area contributed by atoms with Gasteiger partial charge in [0.2, 0.25) is 0 Å². The number of nitrogens with one attached hydrogen (secondary N) is 1. The van der Waals surface area contributed by atoms with Crippen molar-refractivity contribution in [2.75, 3.05) is 0 Å². The molecule has 24 heavy (non-hydrogen) atoms. The van der Waals surface area contributed by atoms with Gasteiger partial charge in [0.25, 0.3) is 11.5 Å². The van der Waals surface area contributed by atoms with E-state index in [0.29, 0.717) is 22.8 Å². The first kappa shape index (κ1) is 16.0. The van der Waals surface area contributed by atoms with E-state index in [4.69, 9.17) is 4.42 Å². The van der Waals surface area contributed by atoms with Crippen LogP contribution in [0.5, 0.6) is 0 Å². The van der Waals surface area contributed by atoms with E-state index >= 15 is 0 Å². The number of carbonyl (C=O) groups excluding carboxylic acids is 1. The topological polar surface area (TPSA) is 99.4 Å². The molecule has 0 radical (unpaired) electrons. The van der Waals surface area contributed by atoms with Crippen molar-refractivity contribution in [3.8, 4) is 11.8 Å². The standard InChI is InChI=1S/C17H17N3O4/c1-10-18-13-9-20(8-12(13)15(21)19-10)16(22)14-5-4-11(24-14)6-7-17(2,3)23/h4-5,23H,8-9H2,1-3H3,(H,18,19,21). The number of aromatic amines is 1. The average molecular weight is 327 g/mol. The SMILES string of the molecule is Cc1nc2c(c(=O)[nH]1)CN(C(=O)c1ccc(C#CC(C)(C)O)o1)C2. The van der Waals surface area contributed by atoms with Gasteiger partial charge in [0.15, 0.2) is 11.5 Å². The van der Waals surface area contributed by atoms with Gasteiger partial charge >= 0.3 is 0 Å². The van der Waals surface area contributed by atoms with Gasteiger partial charge in [0, 0.05) is 0 Å². The molecule has 3 rings (SSSR count). The number of aliphatic hydroxyl groups is 1. The second-order valence-electron chi connectivity index (χ2n) is 6.21. The van der Waals surface area contributed by atoms with Crippen LogP contribution in [0.1, 0.15) is 47.2 Å². The highest BCUT2D eigenvalue weighted by Gasteiger charge is 2.29. The van der Waals surface area contributed by atoms with Gasteiger partial charge in [-0.2, -0.15) is 0 Å². The molecule has 0 aliphatic carbocycles. The number of furan rings is 1. The summed E-state index contributed by atoms with van der Waals surface area (Å²) in [6.07, 6.45) is 0. The lowest BCUT2D eigenvalue weighted by Gasteiger charge is -2.12. The minimum atomic E-state index is -1.14. The largest absolute Gasteiger partial charge is 0.443 e. The van der Waals surface area contributed by atoms with Crippen molar-refractivity contribution >= 4 is 5.91 Å². The summed E-state index contributed by atoms with van der Waals surface area (Å²) >= 11 is 0. The van der Waals surface area contributed by atoms with Crippen molar-refractivity contribution in [3.63, 3.8) is 0 Å². The Balaban J connectivity index is 1.79. The molecular formula is C17H17N3O4. The van der Waals surface area contributed by atoms with Gasteiger partial charge in [-0.3, -0.25) is 9.59 Å². The monoisotopic (exact) mass is 327 g/mol. The highest BCUT2D eigenvalue weighted by atomic mass is 16.4. The van der Waals surface area contributed by atoms with Crippen molar-refractivity contribution in [2.24, 2.45) is 0 Å². The van der Waals surface area contributed by atoms with Gasteiger partial charge in [-0.1, -0.05) is 5.92 Å². The van der Waals surface area contributed by atoms with E-state index in [1.54, 1.807) is 26.8 Å². The lowest BCUT2D eigenvalue weighted by Crippen LogP contribution is -2.25. The predicted molar refractivity (Wildman–Crippen MR) is 85.1 cm³/mol. The Morgan fingerprint density at radius 3 is 2.88 bits per heavy atom. The van der Waals surface area contributed by atoms with Crippen LogP contribution in [-0.2, 0) is 13.1 Å². The van der Waals surface area contributed by atoms with E-state index in [-0.39, 0.29) is 30.3 Å². The smallest absolute Gasteiger partial charge is 0.290 e. The normalized spacial score (nSPS) is 13.4. The molecular weight excluding hydrogens is 310 g/mol. The predicted octanol–water partition coefficient (Wildman–Crippen LogP) is 0.950. The van der Waals surface area contributed by atoms with E-state index in [2.05, 4.69) is 21.8 Å². The highest BCUT2D eigenvalue weighted by Crippen LogP contribution is 2.21. The van der Waals surface area contributed by atoms with E-state index in [9.17, 15) is 14.7 Å². The molecule has 2 aromatic rings. The van der Waals surface area contributed by atoms with Crippen LogP contribution in [0.25, 0.3) is 0 Å². The number of fused-ring (bicyclic) bond motifs is 1. The van der Waals surface area contributed by atoms with Crippen LogP contribution in [-0.4, -0.2) is 31.5 Å². The fraction of sp³-hybridized carbons (Fsp3) is 0.353. The molecule has 7 nitrogen and oxygen atoms in total. The first-order chi connectivity index (χ1) is 11.2. The number of nitrogens with zero attached hydrogens (tertiary/aromatic N) is 2. The van der Waals surface area contributed by atoms with E-state index in [1.807, 2.05) is 0 Å². The van der Waals surface area contributed by atoms with Gasteiger partial charge in [-0.15, -0.1) is 0 Å². The zero-order chi connectivity index (χ0) is 17.5. The Bertz CT molecular complexity index is 922. The van der Waals surface area contributed by atoms with Crippen molar-refractivity contribution in [1.29, 1.82) is 0 Å². The molecule has 0 unspecified atom stereocenters. The third-order valence-electron chi connectivity index (χ3n) is 3.50. The molecule has 7 heteroatoms. The quantitative estimate of drug-likeness (QED) is 0.760. The number of aryl methyl sites for hydroxylation is 1. The summed E-state index contributed by atoms with van der Waals surface area (Å²) in [5.41, 5.74) is -0.247. The number of rotatable bonds is 1. The van der Waals surface area contributed by atoms with Gasteiger partial charge < -0.3 is 19.4 Å². The number of amides is 1. The maximum absolute atomic E-state index is 12.5. The zero-order valence-electron chi connectivity index (χ0n) is 13.6. The van der Waals surface area contributed by atoms with Crippen LogP contribution in [0.15, 0.2) is 21.3 Å². The number of hydrogen-bond donors (Lipinski definition) is 2. The van der Waals surface area contributed by atoms with Crippen molar-refractivity contribution < 1.29 is 14.3 Å². The highest BCUT2D eigenvalue weighted by molar-refractivity contribution is 5.91. The molecule has 0 aromatic carbocycles. The van der Waals surface area contributed by atoms with Crippen LogP contribution in [0.4, 0.5) is 0 Å². The van der Waals surface area contributed by atoms with Gasteiger partial charge in [-0.25, -0.2) is 4.98 Å². The third kappa shape index (κ3) is 3.24. The lowest BCUT2D eigenvalue weighted by atomic mass is 10.1. The number of H-pyrrole nitrogens is 1. The van der Waals surface area contributed by atoms with E-state index in [1.165, 1.54) is 11.0 Å². The molecule has 3 heterocycles. The molecule has 1 aliphatic rings. The van der Waals surface area contributed by atoms with Gasteiger partial charge in [0.1, 0.15) is 11.4 Å². The lowest BCUT2D eigenvalue weighted by molar-refractivity contribution is 0.0717. The van der Waals surface area contributed by atoms with E-state index in [0.717, 1.165) is 0 Å². The Hall–Kier alpha value is -2.85. The third-order valence-corrected chi connectivity index (χ3v) is 3.50. The summed E-state index contributed by atoms with van der Waals surface area (Å²) in [7, 11) is 0. The second-order valence-corrected chi connectivity index (χ2v) is 6.21. The first-order valence-electron chi connectivity index (χ1n) is 7.46. The molecule has 2 N–H and O–H groups in total. The molecule has 0 spiro atoms. The molecule has 0 bridgehead atoms. The average Bonchev–Trinajstić information content (AvgIpc) is 3.10. The molecule has 0 atom stereocenters.